The van der Waals surface area contributed by atoms with Crippen LogP contribution in [0.3, 0.4) is 0 Å². The lowest BCUT2D eigenvalue weighted by Gasteiger charge is -2.11. The minimum Gasteiger partial charge on any atom is -0.383 e. The summed E-state index contributed by atoms with van der Waals surface area (Å²) in [4.78, 5) is 3.98. The second-order valence-corrected chi connectivity index (χ2v) is 6.72. The van der Waals surface area contributed by atoms with Crippen LogP contribution in [0.5, 0.6) is 0 Å². The fourth-order valence-electron chi connectivity index (χ4n) is 1.74. The molecular formula is C13H17N3O2S2. The zero-order valence-electron chi connectivity index (χ0n) is 11.4. The molecule has 0 unspecified atom stereocenters. The second kappa shape index (κ2) is 6.34. The number of thiophene rings is 1. The molecule has 2 heterocycles. The molecular weight excluding hydrogens is 294 g/mol. The summed E-state index contributed by atoms with van der Waals surface area (Å²) in [6.45, 7) is 4.79. The van der Waals surface area contributed by atoms with Crippen LogP contribution in [0, 0.1) is 6.92 Å². The summed E-state index contributed by atoms with van der Waals surface area (Å²) < 4.78 is 27.2. The molecule has 5 nitrogen and oxygen atoms in total. The summed E-state index contributed by atoms with van der Waals surface area (Å²) in [5, 5.41) is 6.98. The first-order valence-electron chi connectivity index (χ1n) is 6.25. The molecule has 2 N–H and O–H groups in total. The van der Waals surface area contributed by atoms with Gasteiger partial charge in [0.1, 0.15) is 0 Å². The predicted octanol–water partition coefficient (Wildman–Crippen LogP) is 2.36. The van der Waals surface area contributed by atoms with Crippen molar-refractivity contribution in [1.82, 2.24) is 9.71 Å². The number of hydrogen-bond acceptors (Lipinski definition) is 5. The van der Waals surface area contributed by atoms with E-state index in [4.69, 9.17) is 0 Å². The Morgan fingerprint density at radius 3 is 2.80 bits per heavy atom. The zero-order valence-corrected chi connectivity index (χ0v) is 13.0. The fraction of sp³-hybridized carbons (Fsp3) is 0.308. The van der Waals surface area contributed by atoms with E-state index in [0.29, 0.717) is 12.2 Å². The van der Waals surface area contributed by atoms with Gasteiger partial charge in [-0.1, -0.05) is 0 Å². The molecule has 0 radical (unpaired) electrons. The highest BCUT2D eigenvalue weighted by Crippen LogP contribution is 2.19. The number of anilines is 1. The van der Waals surface area contributed by atoms with Crippen molar-refractivity contribution in [3.63, 3.8) is 0 Å². The van der Waals surface area contributed by atoms with Crippen molar-refractivity contribution in [2.24, 2.45) is 0 Å². The molecule has 20 heavy (non-hydrogen) atoms. The summed E-state index contributed by atoms with van der Waals surface area (Å²) in [5.74, 6) is 0. The smallest absolute Gasteiger partial charge is 0.260 e. The van der Waals surface area contributed by atoms with Gasteiger partial charge in [-0.15, -0.1) is 0 Å². The summed E-state index contributed by atoms with van der Waals surface area (Å²) >= 11 is 1.56. The first kappa shape index (κ1) is 15.0. The highest BCUT2D eigenvalue weighted by atomic mass is 32.2. The molecule has 0 bridgehead atoms. The van der Waals surface area contributed by atoms with E-state index in [9.17, 15) is 8.42 Å². The van der Waals surface area contributed by atoms with E-state index in [0.717, 1.165) is 11.1 Å². The van der Waals surface area contributed by atoms with Gasteiger partial charge in [-0.3, -0.25) is 0 Å². The van der Waals surface area contributed by atoms with E-state index >= 15 is 0 Å². The molecule has 0 atom stereocenters. The monoisotopic (exact) mass is 311 g/mol. The van der Waals surface area contributed by atoms with Gasteiger partial charge in [-0.05, 0) is 47.9 Å². The number of aryl methyl sites for hydroxylation is 1. The van der Waals surface area contributed by atoms with Crippen LogP contribution in [-0.2, 0) is 16.6 Å². The molecule has 0 fully saturated rings. The van der Waals surface area contributed by atoms with Crippen molar-refractivity contribution in [3.8, 4) is 0 Å². The largest absolute Gasteiger partial charge is 0.383 e. The average molecular weight is 311 g/mol. The molecule has 108 valence electrons. The van der Waals surface area contributed by atoms with E-state index in [1.807, 2.05) is 24.6 Å². The maximum Gasteiger partial charge on any atom is 0.260 e. The van der Waals surface area contributed by atoms with Crippen molar-refractivity contribution in [1.29, 1.82) is 0 Å². The van der Waals surface area contributed by atoms with Crippen molar-refractivity contribution >= 4 is 27.0 Å². The van der Waals surface area contributed by atoms with Gasteiger partial charge in [0.2, 0.25) is 0 Å². The van der Waals surface area contributed by atoms with Crippen LogP contribution in [0.15, 0.2) is 34.1 Å². The van der Waals surface area contributed by atoms with Crippen molar-refractivity contribution in [3.05, 3.63) is 40.2 Å². The van der Waals surface area contributed by atoms with E-state index in [-0.39, 0.29) is 11.6 Å². The first-order valence-corrected chi connectivity index (χ1v) is 8.67. The highest BCUT2D eigenvalue weighted by Gasteiger charge is 2.19. The summed E-state index contributed by atoms with van der Waals surface area (Å²) in [6.07, 6.45) is 1.48. The van der Waals surface area contributed by atoms with Crippen molar-refractivity contribution in [2.75, 3.05) is 11.9 Å². The summed E-state index contributed by atoms with van der Waals surface area (Å²) in [7, 11) is -3.62. The standard InChI is InChI=1S/C13H17N3O2S2/c1-3-14-12-5-4-6-15-13(12)20(17,18)16-7-11-9-19-8-10(11)2/h4-6,8-9,14,16H,3,7H2,1-2H3. The molecule has 2 rings (SSSR count). The SMILES string of the molecule is CCNc1cccnc1S(=O)(=O)NCc1cscc1C. The lowest BCUT2D eigenvalue weighted by atomic mass is 10.2. The van der Waals surface area contributed by atoms with Crippen LogP contribution in [0.1, 0.15) is 18.1 Å². The number of nitrogens with one attached hydrogen (secondary N) is 2. The molecule has 7 heteroatoms. The normalized spacial score (nSPS) is 11.5. The third-order valence-corrected chi connectivity index (χ3v) is 5.08. The number of pyridine rings is 1. The molecule has 0 aliphatic carbocycles. The molecule has 0 aliphatic rings. The molecule has 2 aromatic rings. The molecule has 0 spiro atoms. The highest BCUT2D eigenvalue weighted by molar-refractivity contribution is 7.89. The Kier molecular flexibility index (Phi) is 4.74. The minimum atomic E-state index is -3.62. The van der Waals surface area contributed by atoms with Crippen LogP contribution in [0.2, 0.25) is 0 Å². The molecule has 0 aromatic carbocycles. The Morgan fingerprint density at radius 1 is 1.35 bits per heavy atom. The minimum absolute atomic E-state index is 0.0368. The van der Waals surface area contributed by atoms with Crippen molar-refractivity contribution < 1.29 is 8.42 Å². The van der Waals surface area contributed by atoms with E-state index < -0.39 is 10.0 Å². The Labute approximate surface area is 123 Å². The predicted molar refractivity (Wildman–Crippen MR) is 81.5 cm³/mol. The Morgan fingerprint density at radius 2 is 2.15 bits per heavy atom. The molecule has 0 saturated carbocycles. The lowest BCUT2D eigenvalue weighted by molar-refractivity contribution is 0.578. The maximum absolute atomic E-state index is 12.3. The maximum atomic E-state index is 12.3. The van der Waals surface area contributed by atoms with Crippen LogP contribution in [0.25, 0.3) is 0 Å². The van der Waals surface area contributed by atoms with Gasteiger partial charge < -0.3 is 5.32 Å². The van der Waals surface area contributed by atoms with E-state index in [1.165, 1.54) is 6.20 Å². The second-order valence-electron chi connectivity index (χ2n) is 4.29. The van der Waals surface area contributed by atoms with Gasteiger partial charge in [0, 0.05) is 19.3 Å². The zero-order chi connectivity index (χ0) is 14.6. The van der Waals surface area contributed by atoms with Gasteiger partial charge in [-0.25, -0.2) is 18.1 Å². The molecule has 0 aliphatic heterocycles. The van der Waals surface area contributed by atoms with Crippen molar-refractivity contribution in [2.45, 2.75) is 25.4 Å². The summed E-state index contributed by atoms with van der Waals surface area (Å²) in [5.41, 5.74) is 2.59. The number of sulfonamides is 1. The topological polar surface area (TPSA) is 71.1 Å². The number of rotatable bonds is 6. The van der Waals surface area contributed by atoms with Gasteiger partial charge in [-0.2, -0.15) is 11.3 Å². The van der Waals surface area contributed by atoms with E-state index in [2.05, 4.69) is 15.0 Å². The Balaban J connectivity index is 2.20. The van der Waals surface area contributed by atoms with Crippen LogP contribution in [0.4, 0.5) is 5.69 Å². The quantitative estimate of drug-likeness (QED) is 0.859. The Bertz CT molecular complexity index is 680. The molecule has 2 aromatic heterocycles. The van der Waals surface area contributed by atoms with Gasteiger partial charge in [0.05, 0.1) is 5.69 Å². The Hall–Kier alpha value is -1.44. The third-order valence-electron chi connectivity index (χ3n) is 2.81. The number of hydrogen-bond donors (Lipinski definition) is 2. The lowest BCUT2D eigenvalue weighted by Crippen LogP contribution is -2.25. The molecule has 0 amide bonds. The van der Waals surface area contributed by atoms with Crippen LogP contribution >= 0.6 is 11.3 Å². The van der Waals surface area contributed by atoms with Crippen LogP contribution in [-0.4, -0.2) is 19.9 Å². The average Bonchev–Trinajstić information content (AvgIpc) is 2.83. The van der Waals surface area contributed by atoms with E-state index in [1.54, 1.807) is 23.5 Å². The number of aromatic nitrogens is 1. The van der Waals surface area contributed by atoms with Gasteiger partial charge >= 0.3 is 0 Å². The van der Waals surface area contributed by atoms with Gasteiger partial charge in [0.15, 0.2) is 5.03 Å². The summed E-state index contributed by atoms with van der Waals surface area (Å²) in [6, 6.07) is 3.42. The first-order chi connectivity index (χ1) is 9.54. The fourth-order valence-corrected chi connectivity index (χ4v) is 3.71. The number of nitrogens with zero attached hydrogens (tertiary/aromatic N) is 1. The third kappa shape index (κ3) is 3.36. The van der Waals surface area contributed by atoms with Gasteiger partial charge in [0.25, 0.3) is 10.0 Å². The van der Waals surface area contributed by atoms with Crippen LogP contribution < -0.4 is 10.0 Å². The molecule has 0 saturated heterocycles.